The zero-order valence-corrected chi connectivity index (χ0v) is 12.8. The molecule has 21 heavy (non-hydrogen) atoms. The van der Waals surface area contributed by atoms with Gasteiger partial charge < -0.3 is 19.5 Å². The summed E-state index contributed by atoms with van der Waals surface area (Å²) in [5.41, 5.74) is 0.884. The molecule has 0 unspecified atom stereocenters. The van der Waals surface area contributed by atoms with Gasteiger partial charge in [-0.2, -0.15) is 0 Å². The average molecular weight is 308 g/mol. The first-order valence-corrected chi connectivity index (χ1v) is 6.96. The van der Waals surface area contributed by atoms with E-state index in [0.29, 0.717) is 35.4 Å². The van der Waals surface area contributed by atoms with Crippen LogP contribution >= 0.6 is 11.6 Å². The van der Waals surface area contributed by atoms with Crippen LogP contribution in [0.1, 0.15) is 0 Å². The van der Waals surface area contributed by atoms with Crippen LogP contribution in [0.25, 0.3) is 0 Å². The van der Waals surface area contributed by atoms with Crippen molar-refractivity contribution >= 4 is 17.3 Å². The third-order valence-electron chi connectivity index (χ3n) is 2.92. The van der Waals surface area contributed by atoms with Gasteiger partial charge in [-0.25, -0.2) is 0 Å². The molecular weight excluding hydrogens is 290 g/mol. The van der Waals surface area contributed by atoms with Gasteiger partial charge in [-0.15, -0.1) is 0 Å². The predicted molar refractivity (Wildman–Crippen MR) is 85.0 cm³/mol. The molecule has 0 aliphatic carbocycles. The molecule has 2 aromatic rings. The molecule has 0 saturated carbocycles. The monoisotopic (exact) mass is 307 g/mol. The van der Waals surface area contributed by atoms with Crippen molar-refractivity contribution in [2.75, 3.05) is 32.7 Å². The van der Waals surface area contributed by atoms with E-state index in [2.05, 4.69) is 5.32 Å². The van der Waals surface area contributed by atoms with E-state index in [9.17, 15) is 0 Å². The molecule has 0 amide bonds. The Hall–Kier alpha value is -2.07. The molecule has 5 heteroatoms. The molecule has 2 aromatic carbocycles. The van der Waals surface area contributed by atoms with E-state index in [1.807, 2.05) is 42.5 Å². The van der Waals surface area contributed by atoms with Crippen molar-refractivity contribution < 1.29 is 14.2 Å². The molecule has 2 rings (SSSR count). The molecule has 0 radical (unpaired) electrons. The number of benzene rings is 2. The molecule has 0 saturated heterocycles. The highest BCUT2D eigenvalue weighted by molar-refractivity contribution is 6.33. The smallest absolute Gasteiger partial charge is 0.203 e. The highest BCUT2D eigenvalue weighted by Crippen LogP contribution is 2.36. The SMILES string of the molecule is COc1cccc(OC)c1OCCNc1ccccc1Cl. The minimum Gasteiger partial charge on any atom is -0.493 e. The number of para-hydroxylation sites is 2. The van der Waals surface area contributed by atoms with Gasteiger partial charge in [0.2, 0.25) is 5.75 Å². The summed E-state index contributed by atoms with van der Waals surface area (Å²) < 4.78 is 16.3. The van der Waals surface area contributed by atoms with Crippen molar-refractivity contribution in [1.29, 1.82) is 0 Å². The van der Waals surface area contributed by atoms with Crippen LogP contribution in [0, 0.1) is 0 Å². The first-order valence-electron chi connectivity index (χ1n) is 6.58. The number of hydrogen-bond acceptors (Lipinski definition) is 4. The zero-order valence-electron chi connectivity index (χ0n) is 12.1. The summed E-state index contributed by atoms with van der Waals surface area (Å²) in [4.78, 5) is 0. The van der Waals surface area contributed by atoms with Crippen molar-refractivity contribution in [3.05, 3.63) is 47.5 Å². The minimum absolute atomic E-state index is 0.460. The first kappa shape index (κ1) is 15.3. The van der Waals surface area contributed by atoms with Crippen LogP contribution in [-0.2, 0) is 0 Å². The lowest BCUT2D eigenvalue weighted by molar-refractivity contribution is 0.284. The van der Waals surface area contributed by atoms with Crippen molar-refractivity contribution in [1.82, 2.24) is 0 Å². The second-order valence-electron chi connectivity index (χ2n) is 4.25. The number of halogens is 1. The lowest BCUT2D eigenvalue weighted by Crippen LogP contribution is -2.12. The van der Waals surface area contributed by atoms with Crippen LogP contribution in [0.2, 0.25) is 5.02 Å². The number of hydrogen-bond donors (Lipinski definition) is 1. The van der Waals surface area contributed by atoms with Crippen LogP contribution < -0.4 is 19.5 Å². The number of nitrogens with one attached hydrogen (secondary N) is 1. The van der Waals surface area contributed by atoms with Gasteiger partial charge in [-0.3, -0.25) is 0 Å². The van der Waals surface area contributed by atoms with Gasteiger partial charge in [0.05, 0.1) is 24.9 Å². The summed E-state index contributed by atoms with van der Waals surface area (Å²) in [5, 5.41) is 3.91. The molecule has 0 aliphatic rings. The normalized spacial score (nSPS) is 10.0. The Bertz CT molecular complexity index is 567. The molecule has 1 N–H and O–H groups in total. The number of rotatable bonds is 7. The Morgan fingerprint density at radius 3 is 2.24 bits per heavy atom. The maximum atomic E-state index is 6.07. The molecular formula is C16H18ClNO3. The fourth-order valence-corrected chi connectivity index (χ4v) is 2.11. The van der Waals surface area contributed by atoms with Crippen molar-refractivity contribution in [3.8, 4) is 17.2 Å². The Balaban J connectivity index is 1.93. The standard InChI is InChI=1S/C16H18ClNO3/c1-19-14-8-5-9-15(20-2)16(14)21-11-10-18-13-7-4-3-6-12(13)17/h3-9,18H,10-11H2,1-2H3. The van der Waals surface area contributed by atoms with Gasteiger partial charge in [0.1, 0.15) is 6.61 Å². The van der Waals surface area contributed by atoms with E-state index in [1.54, 1.807) is 14.2 Å². The fourth-order valence-electron chi connectivity index (χ4n) is 1.90. The Morgan fingerprint density at radius 1 is 0.952 bits per heavy atom. The molecule has 0 fully saturated rings. The van der Waals surface area contributed by atoms with Crippen LogP contribution in [0.3, 0.4) is 0 Å². The lowest BCUT2D eigenvalue weighted by Gasteiger charge is -2.14. The summed E-state index contributed by atoms with van der Waals surface area (Å²) in [6.45, 7) is 1.08. The van der Waals surface area contributed by atoms with Crippen LogP contribution in [0.5, 0.6) is 17.2 Å². The van der Waals surface area contributed by atoms with E-state index in [-0.39, 0.29) is 0 Å². The van der Waals surface area contributed by atoms with E-state index in [0.717, 1.165) is 5.69 Å². The second kappa shape index (κ2) is 7.64. The largest absolute Gasteiger partial charge is 0.493 e. The van der Waals surface area contributed by atoms with Gasteiger partial charge >= 0.3 is 0 Å². The van der Waals surface area contributed by atoms with Crippen LogP contribution in [-0.4, -0.2) is 27.4 Å². The molecule has 4 nitrogen and oxygen atoms in total. The van der Waals surface area contributed by atoms with Crippen molar-refractivity contribution in [2.45, 2.75) is 0 Å². The molecule has 0 spiro atoms. The van der Waals surface area contributed by atoms with Crippen molar-refractivity contribution in [3.63, 3.8) is 0 Å². The third-order valence-corrected chi connectivity index (χ3v) is 3.25. The number of ether oxygens (including phenoxy) is 3. The number of methoxy groups -OCH3 is 2. The summed E-state index contributed by atoms with van der Waals surface area (Å²) in [5.74, 6) is 1.89. The van der Waals surface area contributed by atoms with E-state index in [4.69, 9.17) is 25.8 Å². The molecule has 0 aliphatic heterocycles. The topological polar surface area (TPSA) is 39.7 Å². The highest BCUT2D eigenvalue weighted by atomic mass is 35.5. The van der Waals surface area contributed by atoms with Gasteiger partial charge in [-0.1, -0.05) is 29.8 Å². The maximum Gasteiger partial charge on any atom is 0.203 e. The van der Waals surface area contributed by atoms with E-state index >= 15 is 0 Å². The third kappa shape index (κ3) is 3.95. The van der Waals surface area contributed by atoms with E-state index in [1.165, 1.54) is 0 Å². The Labute approximate surface area is 129 Å². The van der Waals surface area contributed by atoms with Gasteiger partial charge in [0, 0.05) is 6.54 Å². The predicted octanol–water partition coefficient (Wildman–Crippen LogP) is 3.85. The summed E-state index contributed by atoms with van der Waals surface area (Å²) >= 11 is 6.07. The quantitative estimate of drug-likeness (QED) is 0.789. The molecule has 0 atom stereocenters. The Morgan fingerprint density at radius 2 is 1.62 bits per heavy atom. The zero-order chi connectivity index (χ0) is 15.1. The molecule has 0 heterocycles. The second-order valence-corrected chi connectivity index (χ2v) is 4.65. The fraction of sp³-hybridized carbons (Fsp3) is 0.250. The van der Waals surface area contributed by atoms with Gasteiger partial charge in [0.25, 0.3) is 0 Å². The summed E-state index contributed by atoms with van der Waals surface area (Å²) in [6.07, 6.45) is 0. The Kier molecular flexibility index (Phi) is 5.58. The van der Waals surface area contributed by atoms with Crippen LogP contribution in [0.4, 0.5) is 5.69 Å². The lowest BCUT2D eigenvalue weighted by atomic mass is 10.3. The number of anilines is 1. The summed E-state index contributed by atoms with van der Waals surface area (Å²) in [6, 6.07) is 13.1. The first-order chi connectivity index (χ1) is 10.3. The average Bonchev–Trinajstić information content (AvgIpc) is 2.52. The molecule has 0 bridgehead atoms. The summed E-state index contributed by atoms with van der Waals surface area (Å²) in [7, 11) is 3.20. The molecule has 0 aromatic heterocycles. The minimum atomic E-state index is 0.460. The van der Waals surface area contributed by atoms with Crippen molar-refractivity contribution in [2.24, 2.45) is 0 Å². The highest BCUT2D eigenvalue weighted by Gasteiger charge is 2.10. The molecule has 112 valence electrons. The van der Waals surface area contributed by atoms with Gasteiger partial charge in [0.15, 0.2) is 11.5 Å². The van der Waals surface area contributed by atoms with Gasteiger partial charge in [-0.05, 0) is 24.3 Å². The van der Waals surface area contributed by atoms with Crippen LogP contribution in [0.15, 0.2) is 42.5 Å². The maximum absolute atomic E-state index is 6.07. The van der Waals surface area contributed by atoms with E-state index < -0.39 is 0 Å².